The summed E-state index contributed by atoms with van der Waals surface area (Å²) in [5.74, 6) is 1.95. The average molecular weight is 473 g/mol. The van der Waals surface area contributed by atoms with Crippen LogP contribution in [0.2, 0.25) is 0 Å². The summed E-state index contributed by atoms with van der Waals surface area (Å²) in [6.07, 6.45) is 0. The lowest BCUT2D eigenvalue weighted by molar-refractivity contribution is -0.136. The highest BCUT2D eigenvalue weighted by Crippen LogP contribution is 2.34. The third-order valence-electron chi connectivity index (χ3n) is 5.85. The van der Waals surface area contributed by atoms with Gasteiger partial charge in [0.05, 0.1) is 31.5 Å². The van der Waals surface area contributed by atoms with E-state index >= 15 is 0 Å². The van der Waals surface area contributed by atoms with E-state index in [1.807, 2.05) is 48.5 Å². The standard InChI is InChI=1S/C28H28N2O5/c1-17(2)18-5-13-22(14-6-18)35-23-15-9-20(10-16-23)26-24(27(31)34-4)25(29-28(32)30-26)19-7-11-21(33-3)12-8-19/h5-17,26H,1-4H3,(H2,29,30,32). The van der Waals surface area contributed by atoms with Crippen molar-refractivity contribution in [2.75, 3.05) is 14.2 Å². The molecule has 1 aliphatic heterocycles. The summed E-state index contributed by atoms with van der Waals surface area (Å²) in [5.41, 5.74) is 3.31. The van der Waals surface area contributed by atoms with E-state index in [1.165, 1.54) is 12.7 Å². The van der Waals surface area contributed by atoms with Crippen molar-refractivity contribution in [2.45, 2.75) is 25.8 Å². The molecule has 4 rings (SSSR count). The molecule has 0 radical (unpaired) electrons. The molecule has 1 heterocycles. The minimum Gasteiger partial charge on any atom is -0.497 e. The van der Waals surface area contributed by atoms with Gasteiger partial charge in [-0.15, -0.1) is 0 Å². The molecule has 1 atom stereocenters. The van der Waals surface area contributed by atoms with Crippen LogP contribution < -0.4 is 20.1 Å². The van der Waals surface area contributed by atoms with Gasteiger partial charge < -0.3 is 24.8 Å². The summed E-state index contributed by atoms with van der Waals surface area (Å²) in [5, 5.41) is 5.59. The molecule has 0 aromatic heterocycles. The van der Waals surface area contributed by atoms with Crippen molar-refractivity contribution in [1.82, 2.24) is 10.6 Å². The number of hydrogen-bond acceptors (Lipinski definition) is 5. The maximum atomic E-state index is 12.8. The Bertz CT molecular complexity index is 1230. The number of carbonyl (C=O) groups is 2. The van der Waals surface area contributed by atoms with Crippen LogP contribution in [0.25, 0.3) is 5.70 Å². The van der Waals surface area contributed by atoms with E-state index < -0.39 is 18.0 Å². The zero-order valence-electron chi connectivity index (χ0n) is 20.1. The third-order valence-corrected chi connectivity index (χ3v) is 5.85. The number of esters is 1. The van der Waals surface area contributed by atoms with Crippen molar-refractivity contribution in [3.63, 3.8) is 0 Å². The van der Waals surface area contributed by atoms with Gasteiger partial charge in [0.25, 0.3) is 0 Å². The van der Waals surface area contributed by atoms with Crippen molar-refractivity contribution in [2.24, 2.45) is 0 Å². The molecule has 3 aromatic carbocycles. The van der Waals surface area contributed by atoms with Gasteiger partial charge in [-0.2, -0.15) is 0 Å². The minimum atomic E-state index is -0.701. The Kier molecular flexibility index (Phi) is 7.06. The van der Waals surface area contributed by atoms with E-state index in [4.69, 9.17) is 14.2 Å². The van der Waals surface area contributed by atoms with Gasteiger partial charge in [-0.05, 0) is 71.1 Å². The molecule has 0 saturated heterocycles. The lowest BCUT2D eigenvalue weighted by Gasteiger charge is -2.29. The molecule has 3 aromatic rings. The molecule has 0 aliphatic carbocycles. The summed E-state index contributed by atoms with van der Waals surface area (Å²) in [7, 11) is 2.89. The van der Waals surface area contributed by atoms with E-state index in [0.717, 1.165) is 5.75 Å². The number of amides is 2. The van der Waals surface area contributed by atoms with Crippen LogP contribution in [0, 0.1) is 0 Å². The van der Waals surface area contributed by atoms with Crippen molar-refractivity contribution >= 4 is 17.7 Å². The van der Waals surface area contributed by atoms with E-state index in [9.17, 15) is 9.59 Å². The number of hydrogen-bond donors (Lipinski definition) is 2. The van der Waals surface area contributed by atoms with Gasteiger partial charge in [0.1, 0.15) is 17.2 Å². The fraction of sp³-hybridized carbons (Fsp3) is 0.214. The number of nitrogens with one attached hydrogen (secondary N) is 2. The highest BCUT2D eigenvalue weighted by molar-refractivity contribution is 6.04. The fourth-order valence-corrected chi connectivity index (χ4v) is 3.91. The second kappa shape index (κ2) is 10.3. The smallest absolute Gasteiger partial charge is 0.338 e. The number of ether oxygens (including phenoxy) is 3. The number of urea groups is 1. The lowest BCUT2D eigenvalue weighted by atomic mass is 9.92. The molecular formula is C28H28N2O5. The summed E-state index contributed by atoms with van der Waals surface area (Å²) in [6, 6.07) is 21.2. The molecule has 7 nitrogen and oxygen atoms in total. The molecule has 1 unspecified atom stereocenters. The Morgan fingerprint density at radius 3 is 1.94 bits per heavy atom. The number of carbonyl (C=O) groups excluding carboxylic acids is 2. The normalized spacial score (nSPS) is 15.3. The largest absolute Gasteiger partial charge is 0.497 e. The first-order valence-electron chi connectivity index (χ1n) is 11.3. The van der Waals surface area contributed by atoms with Gasteiger partial charge in [0.15, 0.2) is 0 Å². The van der Waals surface area contributed by atoms with Crippen molar-refractivity contribution < 1.29 is 23.8 Å². The molecule has 2 N–H and O–H groups in total. The van der Waals surface area contributed by atoms with Gasteiger partial charge in [-0.3, -0.25) is 0 Å². The van der Waals surface area contributed by atoms with E-state index in [-0.39, 0.29) is 0 Å². The van der Waals surface area contributed by atoms with E-state index in [0.29, 0.717) is 39.8 Å². The predicted octanol–water partition coefficient (Wildman–Crippen LogP) is 5.55. The van der Waals surface area contributed by atoms with Crippen LogP contribution in [0.3, 0.4) is 0 Å². The zero-order chi connectivity index (χ0) is 24.9. The first-order chi connectivity index (χ1) is 16.9. The van der Waals surface area contributed by atoms with Crippen LogP contribution in [-0.2, 0) is 9.53 Å². The molecule has 2 amide bonds. The number of methoxy groups -OCH3 is 2. The molecule has 0 bridgehead atoms. The molecule has 35 heavy (non-hydrogen) atoms. The summed E-state index contributed by atoms with van der Waals surface area (Å²) >= 11 is 0. The van der Waals surface area contributed by atoms with Crippen LogP contribution in [0.5, 0.6) is 17.2 Å². The van der Waals surface area contributed by atoms with Gasteiger partial charge in [0, 0.05) is 0 Å². The third kappa shape index (κ3) is 5.30. The maximum Gasteiger partial charge on any atom is 0.338 e. The van der Waals surface area contributed by atoms with Crippen LogP contribution in [-0.4, -0.2) is 26.2 Å². The van der Waals surface area contributed by atoms with Crippen LogP contribution in [0.1, 0.15) is 42.5 Å². The summed E-state index contributed by atoms with van der Waals surface area (Å²) < 4.78 is 16.2. The molecule has 0 saturated carbocycles. The van der Waals surface area contributed by atoms with Crippen LogP contribution >= 0.6 is 0 Å². The quantitative estimate of drug-likeness (QED) is 0.441. The predicted molar refractivity (Wildman–Crippen MR) is 133 cm³/mol. The Balaban J connectivity index is 1.64. The molecule has 1 aliphatic rings. The SMILES string of the molecule is COC(=O)C1=C(c2ccc(OC)cc2)NC(=O)NC1c1ccc(Oc2ccc(C(C)C)cc2)cc1. The number of rotatable bonds is 7. The highest BCUT2D eigenvalue weighted by atomic mass is 16.5. The summed E-state index contributed by atoms with van der Waals surface area (Å²) in [6.45, 7) is 4.29. The maximum absolute atomic E-state index is 12.8. The molecule has 0 spiro atoms. The minimum absolute atomic E-state index is 0.301. The van der Waals surface area contributed by atoms with Gasteiger partial charge in [0.2, 0.25) is 0 Å². The fourth-order valence-electron chi connectivity index (χ4n) is 3.91. The average Bonchev–Trinajstić information content (AvgIpc) is 2.88. The molecular weight excluding hydrogens is 444 g/mol. The van der Waals surface area contributed by atoms with Gasteiger partial charge in [-0.25, -0.2) is 9.59 Å². The summed E-state index contributed by atoms with van der Waals surface area (Å²) in [4.78, 5) is 25.4. The molecule has 0 fully saturated rings. The Morgan fingerprint density at radius 2 is 1.40 bits per heavy atom. The highest BCUT2D eigenvalue weighted by Gasteiger charge is 2.34. The first-order valence-corrected chi connectivity index (χ1v) is 11.3. The van der Waals surface area contributed by atoms with Crippen molar-refractivity contribution in [3.8, 4) is 17.2 Å². The van der Waals surface area contributed by atoms with Crippen LogP contribution in [0.15, 0.2) is 78.4 Å². The van der Waals surface area contributed by atoms with Crippen LogP contribution in [0.4, 0.5) is 4.79 Å². The Hall–Kier alpha value is -4.26. The topological polar surface area (TPSA) is 85.9 Å². The van der Waals surface area contributed by atoms with E-state index in [1.54, 1.807) is 31.4 Å². The Morgan fingerprint density at radius 1 is 0.829 bits per heavy atom. The molecule has 180 valence electrons. The molecule has 7 heteroatoms. The second-order valence-corrected chi connectivity index (χ2v) is 8.44. The Labute approximate surface area is 204 Å². The second-order valence-electron chi connectivity index (χ2n) is 8.44. The van der Waals surface area contributed by atoms with Gasteiger partial charge in [-0.1, -0.05) is 38.1 Å². The van der Waals surface area contributed by atoms with Crippen molar-refractivity contribution in [3.05, 3.63) is 95.1 Å². The lowest BCUT2D eigenvalue weighted by Crippen LogP contribution is -2.45. The van der Waals surface area contributed by atoms with E-state index in [2.05, 4.69) is 24.5 Å². The van der Waals surface area contributed by atoms with Gasteiger partial charge >= 0.3 is 12.0 Å². The monoisotopic (exact) mass is 472 g/mol. The zero-order valence-corrected chi connectivity index (χ0v) is 20.1. The first kappa shape index (κ1) is 23.9. The van der Waals surface area contributed by atoms with Crippen molar-refractivity contribution in [1.29, 1.82) is 0 Å². The number of benzene rings is 3.